The van der Waals surface area contributed by atoms with Crippen LogP contribution in [0.15, 0.2) is 30.9 Å². The molecule has 0 fully saturated rings. The number of benzene rings is 1. The Kier molecular flexibility index (Phi) is 3.20. The molecule has 70 valence electrons. The number of nitrogens with two attached hydrogens (primary N) is 1. The smallest absolute Gasteiger partial charge is 0.143 e. The molecule has 0 aliphatic heterocycles. The van der Waals surface area contributed by atoms with Gasteiger partial charge in [-0.05, 0) is 12.1 Å². The standard InChI is InChI=1S/C10H14N2O/c1-3-6-12-8-4-5-9(11)10(7-8)13-2/h3-5,7,12H,1,6,11H2,2H3. The normalized spacial score (nSPS) is 9.31. The van der Waals surface area contributed by atoms with Gasteiger partial charge in [0.05, 0.1) is 12.8 Å². The first-order chi connectivity index (χ1) is 6.27. The first kappa shape index (κ1) is 9.45. The molecule has 0 saturated heterocycles. The number of nitrogen functional groups attached to an aromatic ring is 1. The first-order valence-corrected chi connectivity index (χ1v) is 4.06. The molecule has 0 aliphatic rings. The zero-order valence-electron chi connectivity index (χ0n) is 7.71. The molecule has 0 atom stereocenters. The van der Waals surface area contributed by atoms with Crippen LogP contribution in [-0.2, 0) is 0 Å². The van der Waals surface area contributed by atoms with Gasteiger partial charge in [0.15, 0.2) is 0 Å². The van der Waals surface area contributed by atoms with Crippen molar-refractivity contribution in [3.8, 4) is 5.75 Å². The van der Waals surface area contributed by atoms with Crippen molar-refractivity contribution in [1.29, 1.82) is 0 Å². The van der Waals surface area contributed by atoms with Gasteiger partial charge >= 0.3 is 0 Å². The van der Waals surface area contributed by atoms with Crippen LogP contribution in [0.5, 0.6) is 5.75 Å². The average molecular weight is 178 g/mol. The van der Waals surface area contributed by atoms with E-state index in [-0.39, 0.29) is 0 Å². The summed E-state index contributed by atoms with van der Waals surface area (Å²) in [6, 6.07) is 5.57. The van der Waals surface area contributed by atoms with Gasteiger partial charge in [-0.15, -0.1) is 6.58 Å². The molecule has 0 aromatic heterocycles. The molecule has 0 saturated carbocycles. The molecule has 1 aromatic rings. The minimum Gasteiger partial charge on any atom is -0.495 e. The third-order valence-electron chi connectivity index (χ3n) is 1.68. The molecule has 0 bridgehead atoms. The molecular formula is C10H14N2O. The Balaban J connectivity index is 2.79. The van der Waals surface area contributed by atoms with Gasteiger partial charge in [0.1, 0.15) is 5.75 Å². The largest absolute Gasteiger partial charge is 0.495 e. The number of rotatable bonds is 4. The van der Waals surface area contributed by atoms with E-state index in [1.165, 1.54) is 0 Å². The molecule has 1 aromatic carbocycles. The van der Waals surface area contributed by atoms with E-state index in [4.69, 9.17) is 10.5 Å². The van der Waals surface area contributed by atoms with E-state index in [0.717, 1.165) is 12.2 Å². The molecule has 3 heteroatoms. The Morgan fingerprint density at radius 2 is 2.38 bits per heavy atom. The second-order valence-corrected chi connectivity index (χ2v) is 2.63. The zero-order valence-corrected chi connectivity index (χ0v) is 7.71. The number of hydrogen-bond donors (Lipinski definition) is 2. The van der Waals surface area contributed by atoms with Crippen LogP contribution in [0, 0.1) is 0 Å². The van der Waals surface area contributed by atoms with Gasteiger partial charge in [0, 0.05) is 18.3 Å². The lowest BCUT2D eigenvalue weighted by molar-refractivity contribution is 0.417. The summed E-state index contributed by atoms with van der Waals surface area (Å²) in [5.41, 5.74) is 7.28. The van der Waals surface area contributed by atoms with Crippen LogP contribution in [0.3, 0.4) is 0 Å². The maximum absolute atomic E-state index is 5.66. The summed E-state index contributed by atoms with van der Waals surface area (Å²) in [4.78, 5) is 0. The maximum atomic E-state index is 5.66. The summed E-state index contributed by atoms with van der Waals surface area (Å²) in [7, 11) is 1.60. The molecule has 0 radical (unpaired) electrons. The molecule has 0 amide bonds. The van der Waals surface area contributed by atoms with Crippen LogP contribution < -0.4 is 15.8 Å². The highest BCUT2D eigenvalue weighted by Crippen LogP contribution is 2.24. The Hall–Kier alpha value is -1.64. The molecule has 0 aliphatic carbocycles. The fourth-order valence-corrected chi connectivity index (χ4v) is 1.01. The van der Waals surface area contributed by atoms with Crippen molar-refractivity contribution in [2.45, 2.75) is 0 Å². The van der Waals surface area contributed by atoms with Crippen molar-refractivity contribution in [3.05, 3.63) is 30.9 Å². The van der Waals surface area contributed by atoms with Crippen molar-refractivity contribution < 1.29 is 4.74 Å². The van der Waals surface area contributed by atoms with Crippen molar-refractivity contribution in [1.82, 2.24) is 0 Å². The highest BCUT2D eigenvalue weighted by Gasteiger charge is 1.98. The van der Waals surface area contributed by atoms with Crippen LogP contribution in [0.25, 0.3) is 0 Å². The Bertz CT molecular complexity index is 297. The molecule has 1 rings (SSSR count). The van der Waals surface area contributed by atoms with E-state index in [9.17, 15) is 0 Å². The van der Waals surface area contributed by atoms with Gasteiger partial charge in [-0.25, -0.2) is 0 Å². The SMILES string of the molecule is C=CCNc1ccc(N)c(OC)c1. The summed E-state index contributed by atoms with van der Waals surface area (Å²) in [5.74, 6) is 0.689. The van der Waals surface area contributed by atoms with Crippen molar-refractivity contribution in [2.75, 3.05) is 24.7 Å². The number of hydrogen-bond acceptors (Lipinski definition) is 3. The van der Waals surface area contributed by atoms with Crippen LogP contribution in [0.1, 0.15) is 0 Å². The highest BCUT2D eigenvalue weighted by atomic mass is 16.5. The van der Waals surface area contributed by atoms with Crippen molar-refractivity contribution in [3.63, 3.8) is 0 Å². The molecule has 0 spiro atoms. The minimum absolute atomic E-state index is 0.645. The first-order valence-electron chi connectivity index (χ1n) is 4.06. The fourth-order valence-electron chi connectivity index (χ4n) is 1.01. The topological polar surface area (TPSA) is 47.3 Å². The van der Waals surface area contributed by atoms with Gasteiger partial charge in [-0.3, -0.25) is 0 Å². The van der Waals surface area contributed by atoms with Gasteiger partial charge in [0.2, 0.25) is 0 Å². The Morgan fingerprint density at radius 3 is 3.00 bits per heavy atom. The lowest BCUT2D eigenvalue weighted by atomic mass is 10.2. The fraction of sp³-hybridized carbons (Fsp3) is 0.200. The monoisotopic (exact) mass is 178 g/mol. The molecule has 3 N–H and O–H groups in total. The Labute approximate surface area is 78.2 Å². The van der Waals surface area contributed by atoms with Crippen molar-refractivity contribution >= 4 is 11.4 Å². The molecule has 0 heterocycles. The summed E-state index contributed by atoms with van der Waals surface area (Å²) < 4.78 is 5.07. The second-order valence-electron chi connectivity index (χ2n) is 2.63. The molecule has 0 unspecified atom stereocenters. The van der Waals surface area contributed by atoms with Gasteiger partial charge in [-0.2, -0.15) is 0 Å². The van der Waals surface area contributed by atoms with Crippen LogP contribution in [0.2, 0.25) is 0 Å². The third-order valence-corrected chi connectivity index (χ3v) is 1.68. The third kappa shape index (κ3) is 2.40. The number of ether oxygens (including phenoxy) is 1. The predicted octanol–water partition coefficient (Wildman–Crippen LogP) is 1.88. The number of methoxy groups -OCH3 is 1. The van der Waals surface area contributed by atoms with E-state index in [1.54, 1.807) is 13.2 Å². The summed E-state index contributed by atoms with van der Waals surface area (Å²) in [6.07, 6.45) is 1.79. The van der Waals surface area contributed by atoms with Crippen LogP contribution >= 0.6 is 0 Å². The summed E-state index contributed by atoms with van der Waals surface area (Å²) in [5, 5.41) is 3.14. The van der Waals surface area contributed by atoms with E-state index in [1.807, 2.05) is 18.2 Å². The second kappa shape index (κ2) is 4.40. The molecule has 3 nitrogen and oxygen atoms in total. The van der Waals surface area contributed by atoms with Crippen LogP contribution in [-0.4, -0.2) is 13.7 Å². The average Bonchev–Trinajstić information content (AvgIpc) is 2.16. The number of anilines is 2. The van der Waals surface area contributed by atoms with Crippen LogP contribution in [0.4, 0.5) is 11.4 Å². The molecular weight excluding hydrogens is 164 g/mol. The predicted molar refractivity (Wildman–Crippen MR) is 56.1 cm³/mol. The van der Waals surface area contributed by atoms with Gasteiger partial charge < -0.3 is 15.8 Å². The zero-order chi connectivity index (χ0) is 9.68. The highest BCUT2D eigenvalue weighted by molar-refractivity contribution is 5.61. The Morgan fingerprint density at radius 1 is 1.62 bits per heavy atom. The van der Waals surface area contributed by atoms with E-state index in [2.05, 4.69) is 11.9 Å². The quantitative estimate of drug-likeness (QED) is 0.546. The van der Waals surface area contributed by atoms with E-state index >= 15 is 0 Å². The molecule has 13 heavy (non-hydrogen) atoms. The lowest BCUT2D eigenvalue weighted by Gasteiger charge is -2.07. The van der Waals surface area contributed by atoms with E-state index < -0.39 is 0 Å². The minimum atomic E-state index is 0.645. The van der Waals surface area contributed by atoms with Gasteiger partial charge in [0.25, 0.3) is 0 Å². The van der Waals surface area contributed by atoms with E-state index in [0.29, 0.717) is 11.4 Å². The number of nitrogens with one attached hydrogen (secondary N) is 1. The lowest BCUT2D eigenvalue weighted by Crippen LogP contribution is -1.99. The van der Waals surface area contributed by atoms with Crippen molar-refractivity contribution in [2.24, 2.45) is 0 Å². The summed E-state index contributed by atoms with van der Waals surface area (Å²) >= 11 is 0. The van der Waals surface area contributed by atoms with Gasteiger partial charge in [-0.1, -0.05) is 6.08 Å². The summed E-state index contributed by atoms with van der Waals surface area (Å²) in [6.45, 7) is 4.35. The maximum Gasteiger partial charge on any atom is 0.143 e.